The van der Waals surface area contributed by atoms with Crippen LogP contribution in [0.1, 0.15) is 0 Å². The number of nitrogens with zero attached hydrogens (tertiary/aromatic N) is 1. The van der Waals surface area contributed by atoms with Crippen molar-refractivity contribution in [2.45, 2.75) is 0 Å². The minimum Gasteiger partial charge on any atom is -0.256 e. The molecule has 3 aromatic rings. The molecule has 0 fully saturated rings. The van der Waals surface area contributed by atoms with E-state index in [0.29, 0.717) is 47.0 Å². The van der Waals surface area contributed by atoms with Gasteiger partial charge in [-0.15, -0.1) is 0 Å². The van der Waals surface area contributed by atoms with Gasteiger partial charge in [0.15, 0.2) is 0 Å². The van der Waals surface area contributed by atoms with E-state index in [0.717, 1.165) is 5.56 Å². The van der Waals surface area contributed by atoms with Crippen LogP contribution in [0.25, 0.3) is 22.4 Å². The fourth-order valence-electron chi connectivity index (χ4n) is 2.28. The van der Waals surface area contributed by atoms with E-state index in [1.54, 1.807) is 42.6 Å². The summed E-state index contributed by atoms with van der Waals surface area (Å²) in [6.45, 7) is 0. The molecule has 0 amide bonds. The first-order chi connectivity index (χ1) is 11.4. The van der Waals surface area contributed by atoms with Crippen molar-refractivity contribution in [2.75, 3.05) is 0 Å². The van der Waals surface area contributed by atoms with Gasteiger partial charge in [0.1, 0.15) is 0 Å². The van der Waals surface area contributed by atoms with Gasteiger partial charge in [0.2, 0.25) is 0 Å². The van der Waals surface area contributed by atoms with Crippen LogP contribution in [-0.4, -0.2) is 4.98 Å². The van der Waals surface area contributed by atoms with E-state index in [1.165, 1.54) is 0 Å². The Balaban J connectivity index is 2.23. The summed E-state index contributed by atoms with van der Waals surface area (Å²) in [6, 6.07) is 10.2. The number of rotatable bonds is 2. The van der Waals surface area contributed by atoms with Gasteiger partial charge < -0.3 is 0 Å². The van der Waals surface area contributed by atoms with E-state index < -0.39 is 0 Å². The van der Waals surface area contributed by atoms with Crippen molar-refractivity contribution in [1.82, 2.24) is 4.98 Å². The number of hydrogen-bond donors (Lipinski definition) is 0. The van der Waals surface area contributed by atoms with E-state index in [4.69, 9.17) is 69.6 Å². The summed E-state index contributed by atoms with van der Waals surface area (Å²) in [5.74, 6) is 0. The number of pyridine rings is 1. The van der Waals surface area contributed by atoms with Crippen molar-refractivity contribution in [3.63, 3.8) is 0 Å². The van der Waals surface area contributed by atoms with E-state index in [1.807, 2.05) is 0 Å². The van der Waals surface area contributed by atoms with Gasteiger partial charge in [0.25, 0.3) is 0 Å². The van der Waals surface area contributed by atoms with Crippen LogP contribution in [0.3, 0.4) is 0 Å². The lowest BCUT2D eigenvalue weighted by atomic mass is 10.0. The zero-order valence-corrected chi connectivity index (χ0v) is 16.3. The summed E-state index contributed by atoms with van der Waals surface area (Å²) in [4.78, 5) is 4.33. The summed E-state index contributed by atoms with van der Waals surface area (Å²) in [5, 5.41) is 2.42. The van der Waals surface area contributed by atoms with Crippen LogP contribution < -0.4 is 0 Å². The van der Waals surface area contributed by atoms with E-state index in [-0.39, 0.29) is 0 Å². The molecule has 0 aliphatic heterocycles. The first-order valence-electron chi connectivity index (χ1n) is 6.64. The second kappa shape index (κ2) is 7.29. The van der Waals surface area contributed by atoms with Crippen molar-refractivity contribution in [1.29, 1.82) is 0 Å². The maximum atomic E-state index is 6.31. The average molecular weight is 438 g/mol. The van der Waals surface area contributed by atoms with Gasteiger partial charge in [0, 0.05) is 22.3 Å². The minimum atomic E-state index is 0.331. The van der Waals surface area contributed by atoms with Crippen molar-refractivity contribution >= 4 is 69.6 Å². The molecular formula is C17H7Cl6N. The minimum absolute atomic E-state index is 0.331. The molecule has 0 spiro atoms. The van der Waals surface area contributed by atoms with Crippen molar-refractivity contribution < 1.29 is 0 Å². The predicted molar refractivity (Wildman–Crippen MR) is 105 cm³/mol. The summed E-state index contributed by atoms with van der Waals surface area (Å²) in [6.07, 6.45) is 1.62. The van der Waals surface area contributed by atoms with E-state index in [2.05, 4.69) is 4.98 Å². The molecule has 3 rings (SSSR count). The normalized spacial score (nSPS) is 10.9. The molecule has 1 nitrogen and oxygen atoms in total. The third-order valence-electron chi connectivity index (χ3n) is 3.39. The molecule has 0 aliphatic carbocycles. The highest BCUT2D eigenvalue weighted by molar-refractivity contribution is 6.47. The van der Waals surface area contributed by atoms with Crippen LogP contribution in [-0.2, 0) is 0 Å². The Labute approximate surface area is 169 Å². The lowest BCUT2D eigenvalue weighted by molar-refractivity contribution is 1.33. The first kappa shape index (κ1) is 18.1. The van der Waals surface area contributed by atoms with Gasteiger partial charge in [-0.2, -0.15) is 0 Å². The molecular weight excluding hydrogens is 431 g/mol. The largest absolute Gasteiger partial charge is 0.256 e. The van der Waals surface area contributed by atoms with Crippen LogP contribution in [0.15, 0.2) is 42.6 Å². The summed E-state index contributed by atoms with van der Waals surface area (Å²) < 4.78 is 0. The summed E-state index contributed by atoms with van der Waals surface area (Å²) >= 11 is 37.3. The molecule has 0 saturated carbocycles. The SMILES string of the molecule is Clc1ccc(Cl)c(-c2ccnc(-c3c(Cl)ccc(Cl)c3Cl)c2)c1Cl. The van der Waals surface area contributed by atoms with Gasteiger partial charge in [-0.3, -0.25) is 4.98 Å². The predicted octanol–water partition coefficient (Wildman–Crippen LogP) is 8.34. The molecule has 0 saturated heterocycles. The van der Waals surface area contributed by atoms with Crippen LogP contribution in [0.4, 0.5) is 0 Å². The molecule has 0 atom stereocenters. The van der Waals surface area contributed by atoms with Crippen LogP contribution >= 0.6 is 69.6 Å². The Hall–Kier alpha value is -0.670. The highest BCUT2D eigenvalue weighted by atomic mass is 35.5. The standard InChI is InChI=1S/C17H7Cl6N/c18-9-1-3-11(20)16(22)14(9)8-5-6-24-13(7-8)15-10(19)2-4-12(21)17(15)23/h1-7H. The lowest BCUT2D eigenvalue weighted by Gasteiger charge is -2.12. The third kappa shape index (κ3) is 3.35. The summed E-state index contributed by atoms with van der Waals surface area (Å²) in [7, 11) is 0. The van der Waals surface area contributed by atoms with Crippen LogP contribution in [0.5, 0.6) is 0 Å². The fourth-order valence-corrected chi connectivity index (χ4v) is 3.74. The van der Waals surface area contributed by atoms with Gasteiger partial charge in [-0.25, -0.2) is 0 Å². The van der Waals surface area contributed by atoms with Crippen LogP contribution in [0, 0.1) is 0 Å². The van der Waals surface area contributed by atoms with E-state index >= 15 is 0 Å². The number of aromatic nitrogens is 1. The molecule has 24 heavy (non-hydrogen) atoms. The number of benzene rings is 2. The van der Waals surface area contributed by atoms with Crippen molar-refractivity contribution in [2.24, 2.45) is 0 Å². The molecule has 0 N–H and O–H groups in total. The Bertz CT molecular complexity index is 866. The topological polar surface area (TPSA) is 12.9 Å². The Morgan fingerprint density at radius 3 is 1.71 bits per heavy atom. The average Bonchev–Trinajstić information content (AvgIpc) is 2.56. The van der Waals surface area contributed by atoms with Gasteiger partial charge in [-0.1, -0.05) is 69.6 Å². The quantitative estimate of drug-likeness (QED) is 0.367. The first-order valence-corrected chi connectivity index (χ1v) is 8.90. The molecule has 1 heterocycles. The molecule has 2 aromatic carbocycles. The Morgan fingerprint density at radius 2 is 1.08 bits per heavy atom. The van der Waals surface area contributed by atoms with Gasteiger partial charge >= 0.3 is 0 Å². The zero-order valence-electron chi connectivity index (χ0n) is 11.8. The second-order valence-corrected chi connectivity index (χ2v) is 7.25. The highest BCUT2D eigenvalue weighted by Crippen LogP contribution is 2.42. The van der Waals surface area contributed by atoms with E-state index in [9.17, 15) is 0 Å². The smallest absolute Gasteiger partial charge is 0.0738 e. The monoisotopic (exact) mass is 435 g/mol. The van der Waals surface area contributed by atoms with Crippen molar-refractivity contribution in [3.05, 3.63) is 72.7 Å². The number of hydrogen-bond acceptors (Lipinski definition) is 1. The molecule has 0 bridgehead atoms. The molecule has 0 radical (unpaired) electrons. The molecule has 122 valence electrons. The lowest BCUT2D eigenvalue weighted by Crippen LogP contribution is -1.90. The van der Waals surface area contributed by atoms with Crippen molar-refractivity contribution in [3.8, 4) is 22.4 Å². The molecule has 0 aliphatic rings. The Morgan fingerprint density at radius 1 is 0.583 bits per heavy atom. The second-order valence-electron chi connectivity index (χ2n) is 4.87. The highest BCUT2D eigenvalue weighted by Gasteiger charge is 2.16. The fraction of sp³-hybridized carbons (Fsp3) is 0. The van der Waals surface area contributed by atoms with Gasteiger partial charge in [0.05, 0.1) is 30.8 Å². The Kier molecular flexibility index (Phi) is 5.51. The third-order valence-corrected chi connectivity index (χ3v) is 5.63. The zero-order chi connectivity index (χ0) is 17.4. The van der Waals surface area contributed by atoms with Crippen LogP contribution in [0.2, 0.25) is 30.1 Å². The molecule has 0 unspecified atom stereocenters. The maximum absolute atomic E-state index is 6.31. The molecule has 7 heteroatoms. The summed E-state index contributed by atoms with van der Waals surface area (Å²) in [5.41, 5.74) is 2.45. The molecule has 1 aromatic heterocycles. The maximum Gasteiger partial charge on any atom is 0.0738 e. The van der Waals surface area contributed by atoms with Gasteiger partial charge in [-0.05, 0) is 42.0 Å². The number of halogens is 6.